The highest BCUT2D eigenvalue weighted by atomic mass is 16.5. The number of hydrogen-bond donors (Lipinski definition) is 1. The van der Waals surface area contributed by atoms with Crippen molar-refractivity contribution in [1.29, 1.82) is 5.26 Å². The van der Waals surface area contributed by atoms with E-state index in [1.165, 1.54) is 0 Å². The summed E-state index contributed by atoms with van der Waals surface area (Å²) in [6.45, 7) is 2.58. The Balaban J connectivity index is 2.20. The molecule has 78 valence electrons. The van der Waals surface area contributed by atoms with Crippen molar-refractivity contribution in [3.8, 4) is 6.07 Å². The van der Waals surface area contributed by atoms with E-state index in [0.717, 1.165) is 12.1 Å². The Morgan fingerprint density at radius 2 is 2.20 bits per heavy atom. The molecule has 1 aromatic carbocycles. The second-order valence-electron chi connectivity index (χ2n) is 3.84. The quantitative estimate of drug-likeness (QED) is 0.799. The van der Waals surface area contributed by atoms with Crippen LogP contribution in [0.2, 0.25) is 0 Å². The van der Waals surface area contributed by atoms with Gasteiger partial charge in [-0.2, -0.15) is 5.26 Å². The summed E-state index contributed by atoms with van der Waals surface area (Å²) in [5, 5.41) is 12.5. The van der Waals surface area contributed by atoms with E-state index in [0.29, 0.717) is 6.61 Å². The van der Waals surface area contributed by atoms with Gasteiger partial charge in [0.15, 0.2) is 5.54 Å². The van der Waals surface area contributed by atoms with Crippen LogP contribution in [-0.2, 0) is 4.74 Å². The van der Waals surface area contributed by atoms with Crippen LogP contribution in [0.15, 0.2) is 30.3 Å². The summed E-state index contributed by atoms with van der Waals surface area (Å²) >= 11 is 0. The zero-order chi connectivity index (χ0) is 10.7. The zero-order valence-corrected chi connectivity index (χ0v) is 8.73. The zero-order valence-electron chi connectivity index (χ0n) is 8.73. The molecule has 15 heavy (non-hydrogen) atoms. The first-order valence-electron chi connectivity index (χ1n) is 5.13. The molecule has 1 heterocycles. The van der Waals surface area contributed by atoms with Gasteiger partial charge in [-0.3, -0.25) is 0 Å². The first-order chi connectivity index (χ1) is 7.27. The standard InChI is InChI=1S/C12H14N2O/c1-10-12(9-13,7-8-15-10)14-11-5-3-2-4-6-11/h2-6,10,14H,7-8H2,1H3. The number of hydrogen-bond acceptors (Lipinski definition) is 3. The van der Waals surface area contributed by atoms with Crippen molar-refractivity contribution < 1.29 is 4.74 Å². The number of nitrogens with zero attached hydrogens (tertiary/aromatic N) is 1. The van der Waals surface area contributed by atoms with Crippen LogP contribution in [0, 0.1) is 11.3 Å². The molecule has 0 radical (unpaired) electrons. The lowest BCUT2D eigenvalue weighted by atomic mass is 9.93. The summed E-state index contributed by atoms with van der Waals surface area (Å²) in [4.78, 5) is 0. The second-order valence-corrected chi connectivity index (χ2v) is 3.84. The monoisotopic (exact) mass is 202 g/mol. The molecule has 0 amide bonds. The van der Waals surface area contributed by atoms with Crippen LogP contribution in [-0.4, -0.2) is 18.2 Å². The van der Waals surface area contributed by atoms with E-state index in [1.807, 2.05) is 37.3 Å². The maximum atomic E-state index is 9.26. The predicted molar refractivity (Wildman–Crippen MR) is 58.4 cm³/mol. The molecule has 1 N–H and O–H groups in total. The third-order valence-electron chi connectivity index (χ3n) is 2.90. The molecule has 0 spiro atoms. The van der Waals surface area contributed by atoms with Gasteiger partial charge < -0.3 is 10.1 Å². The molecule has 1 aliphatic heterocycles. The van der Waals surface area contributed by atoms with Gasteiger partial charge in [0, 0.05) is 12.1 Å². The van der Waals surface area contributed by atoms with E-state index >= 15 is 0 Å². The normalized spacial score (nSPS) is 29.7. The minimum Gasteiger partial charge on any atom is -0.375 e. The van der Waals surface area contributed by atoms with Gasteiger partial charge in [0.1, 0.15) is 0 Å². The number of nitriles is 1. The van der Waals surface area contributed by atoms with E-state index in [4.69, 9.17) is 4.74 Å². The van der Waals surface area contributed by atoms with Crippen molar-refractivity contribution >= 4 is 5.69 Å². The van der Waals surface area contributed by atoms with Crippen LogP contribution in [0.25, 0.3) is 0 Å². The minimum atomic E-state index is -0.568. The largest absolute Gasteiger partial charge is 0.375 e. The maximum absolute atomic E-state index is 9.26. The highest BCUT2D eigenvalue weighted by molar-refractivity contribution is 5.48. The summed E-state index contributed by atoms with van der Waals surface area (Å²) in [5.41, 5.74) is 0.401. The fourth-order valence-electron chi connectivity index (χ4n) is 1.86. The molecule has 0 saturated carbocycles. The Labute approximate surface area is 89.7 Å². The molecule has 1 fully saturated rings. The van der Waals surface area contributed by atoms with Crippen LogP contribution in [0.3, 0.4) is 0 Å². The van der Waals surface area contributed by atoms with Gasteiger partial charge in [0.05, 0.1) is 18.8 Å². The van der Waals surface area contributed by atoms with E-state index in [9.17, 15) is 5.26 Å². The molecule has 2 rings (SSSR count). The van der Waals surface area contributed by atoms with Crippen LogP contribution >= 0.6 is 0 Å². The second kappa shape index (κ2) is 3.92. The first kappa shape index (κ1) is 10.0. The molecular formula is C12H14N2O. The molecular weight excluding hydrogens is 188 g/mol. The fraction of sp³-hybridized carbons (Fsp3) is 0.417. The fourth-order valence-corrected chi connectivity index (χ4v) is 1.86. The predicted octanol–water partition coefficient (Wildman–Crippen LogP) is 2.17. The van der Waals surface area contributed by atoms with Gasteiger partial charge in [-0.05, 0) is 19.1 Å². The Hall–Kier alpha value is -1.53. The third kappa shape index (κ3) is 1.81. The molecule has 1 saturated heterocycles. The Morgan fingerprint density at radius 3 is 2.73 bits per heavy atom. The van der Waals surface area contributed by atoms with Crippen LogP contribution in [0.1, 0.15) is 13.3 Å². The average Bonchev–Trinajstić information content (AvgIpc) is 2.62. The number of benzene rings is 1. The Bertz CT molecular complexity index is 371. The molecule has 2 atom stereocenters. The van der Waals surface area contributed by atoms with E-state index in [1.54, 1.807) is 0 Å². The van der Waals surface area contributed by atoms with Crippen LogP contribution in [0.4, 0.5) is 5.69 Å². The van der Waals surface area contributed by atoms with Crippen molar-refractivity contribution in [2.45, 2.75) is 25.0 Å². The third-order valence-corrected chi connectivity index (χ3v) is 2.90. The Kier molecular flexibility index (Phi) is 2.61. The van der Waals surface area contributed by atoms with Gasteiger partial charge in [0.2, 0.25) is 0 Å². The lowest BCUT2D eigenvalue weighted by Crippen LogP contribution is -2.42. The van der Waals surface area contributed by atoms with E-state index in [-0.39, 0.29) is 6.10 Å². The number of ether oxygens (including phenoxy) is 1. The lowest BCUT2D eigenvalue weighted by Gasteiger charge is -2.26. The highest BCUT2D eigenvalue weighted by Gasteiger charge is 2.41. The highest BCUT2D eigenvalue weighted by Crippen LogP contribution is 2.29. The first-order valence-corrected chi connectivity index (χ1v) is 5.13. The smallest absolute Gasteiger partial charge is 0.153 e. The van der Waals surface area contributed by atoms with Gasteiger partial charge in [-0.15, -0.1) is 0 Å². The van der Waals surface area contributed by atoms with Crippen molar-refractivity contribution in [1.82, 2.24) is 0 Å². The summed E-state index contributed by atoms with van der Waals surface area (Å²) in [5.74, 6) is 0. The minimum absolute atomic E-state index is 0.0669. The van der Waals surface area contributed by atoms with Gasteiger partial charge in [0.25, 0.3) is 0 Å². The number of anilines is 1. The summed E-state index contributed by atoms with van der Waals surface area (Å²) in [6, 6.07) is 12.1. The molecule has 0 bridgehead atoms. The van der Waals surface area contributed by atoms with E-state index < -0.39 is 5.54 Å². The molecule has 3 nitrogen and oxygen atoms in total. The molecule has 1 aromatic rings. The number of nitrogens with one attached hydrogen (secondary N) is 1. The van der Waals surface area contributed by atoms with Crippen molar-refractivity contribution in [2.24, 2.45) is 0 Å². The van der Waals surface area contributed by atoms with Crippen molar-refractivity contribution in [2.75, 3.05) is 11.9 Å². The van der Waals surface area contributed by atoms with E-state index in [2.05, 4.69) is 11.4 Å². The topological polar surface area (TPSA) is 45.0 Å². The Morgan fingerprint density at radius 1 is 1.47 bits per heavy atom. The van der Waals surface area contributed by atoms with Gasteiger partial charge in [-0.1, -0.05) is 18.2 Å². The lowest BCUT2D eigenvalue weighted by molar-refractivity contribution is 0.112. The molecule has 0 aliphatic carbocycles. The molecule has 1 aliphatic rings. The molecule has 2 unspecified atom stereocenters. The summed E-state index contributed by atoms with van der Waals surface area (Å²) in [7, 11) is 0. The molecule has 3 heteroatoms. The number of rotatable bonds is 2. The maximum Gasteiger partial charge on any atom is 0.153 e. The number of para-hydroxylation sites is 1. The van der Waals surface area contributed by atoms with Crippen molar-refractivity contribution in [3.63, 3.8) is 0 Å². The van der Waals surface area contributed by atoms with Crippen LogP contribution < -0.4 is 5.32 Å². The molecule has 0 aromatic heterocycles. The van der Waals surface area contributed by atoms with Gasteiger partial charge >= 0.3 is 0 Å². The summed E-state index contributed by atoms with van der Waals surface area (Å²) < 4.78 is 5.45. The van der Waals surface area contributed by atoms with Crippen molar-refractivity contribution in [3.05, 3.63) is 30.3 Å². The SMILES string of the molecule is CC1OCCC1(C#N)Nc1ccccc1. The average molecular weight is 202 g/mol. The summed E-state index contributed by atoms with van der Waals surface area (Å²) in [6.07, 6.45) is 0.669. The van der Waals surface area contributed by atoms with Crippen LogP contribution in [0.5, 0.6) is 0 Å². The van der Waals surface area contributed by atoms with Gasteiger partial charge in [-0.25, -0.2) is 0 Å².